The third-order valence-corrected chi connectivity index (χ3v) is 9.47. The predicted molar refractivity (Wildman–Crippen MR) is 187 cm³/mol. The third kappa shape index (κ3) is 6.76. The van der Waals surface area contributed by atoms with Crippen LogP contribution in [0.1, 0.15) is 58.3 Å². The lowest BCUT2D eigenvalue weighted by molar-refractivity contribution is 0.0512. The molecule has 6 rings (SSSR count). The van der Waals surface area contributed by atoms with Crippen molar-refractivity contribution in [2.24, 2.45) is 7.05 Å². The smallest absolute Gasteiger partial charge is 0.355 e. The van der Waals surface area contributed by atoms with Gasteiger partial charge < -0.3 is 23.7 Å². The van der Waals surface area contributed by atoms with Crippen LogP contribution in [-0.4, -0.2) is 52.0 Å². The molecule has 0 fully saturated rings. The maximum absolute atomic E-state index is 13.8. The lowest BCUT2D eigenvalue weighted by Crippen LogP contribution is -2.24. The number of hydrogen-bond acceptors (Lipinski definition) is 6. The van der Waals surface area contributed by atoms with E-state index in [1.807, 2.05) is 75.0 Å². The molecule has 0 N–H and O–H groups in total. The number of fused-ring (bicyclic) bond motifs is 2. The van der Waals surface area contributed by atoms with Gasteiger partial charge in [0.05, 0.1) is 24.4 Å². The van der Waals surface area contributed by atoms with Crippen molar-refractivity contribution >= 4 is 28.5 Å². The van der Waals surface area contributed by atoms with Crippen LogP contribution in [0.25, 0.3) is 22.0 Å². The van der Waals surface area contributed by atoms with Crippen LogP contribution in [0.5, 0.6) is 11.5 Å². The zero-order valence-electron chi connectivity index (χ0n) is 27.9. The summed E-state index contributed by atoms with van der Waals surface area (Å²) in [5.74, 6) is 1.30. The molecule has 2 aromatic heterocycles. The minimum absolute atomic E-state index is 0.293. The zero-order valence-corrected chi connectivity index (χ0v) is 28.7. The summed E-state index contributed by atoms with van der Waals surface area (Å²) >= 11 is 6.38. The van der Waals surface area contributed by atoms with Crippen molar-refractivity contribution in [2.75, 3.05) is 26.8 Å². The van der Waals surface area contributed by atoms with E-state index in [2.05, 4.69) is 34.7 Å². The van der Waals surface area contributed by atoms with Crippen molar-refractivity contribution in [1.29, 1.82) is 0 Å². The van der Waals surface area contributed by atoms with E-state index < -0.39 is 0 Å². The molecule has 0 saturated carbocycles. The van der Waals surface area contributed by atoms with E-state index in [0.29, 0.717) is 38.5 Å². The summed E-state index contributed by atoms with van der Waals surface area (Å²) in [5.41, 5.74) is 8.73. The van der Waals surface area contributed by atoms with E-state index in [4.69, 9.17) is 30.9 Å². The van der Waals surface area contributed by atoms with Gasteiger partial charge in [-0.3, -0.25) is 4.68 Å². The number of hydrogen-bond donors (Lipinski definition) is 0. The van der Waals surface area contributed by atoms with Crippen LogP contribution >= 0.6 is 11.6 Å². The van der Waals surface area contributed by atoms with Gasteiger partial charge in [-0.15, -0.1) is 0 Å². The molecule has 0 atom stereocenters. The van der Waals surface area contributed by atoms with Crippen LogP contribution in [0.3, 0.4) is 0 Å². The molecular formula is C38H43ClN4O4. The maximum atomic E-state index is 13.8. The van der Waals surface area contributed by atoms with Gasteiger partial charge in [0.1, 0.15) is 29.5 Å². The van der Waals surface area contributed by atoms with E-state index in [9.17, 15) is 4.79 Å². The van der Waals surface area contributed by atoms with Crippen molar-refractivity contribution < 1.29 is 19.0 Å². The highest BCUT2D eigenvalue weighted by atomic mass is 35.5. The average molecular weight is 655 g/mol. The van der Waals surface area contributed by atoms with Crippen molar-refractivity contribution in [3.63, 3.8) is 0 Å². The lowest BCUT2D eigenvalue weighted by Gasteiger charge is -2.22. The molecule has 47 heavy (non-hydrogen) atoms. The van der Waals surface area contributed by atoms with Gasteiger partial charge in [0.25, 0.3) is 0 Å². The van der Waals surface area contributed by atoms with Crippen LogP contribution in [0.2, 0.25) is 5.02 Å². The molecule has 8 nitrogen and oxygen atoms in total. The van der Waals surface area contributed by atoms with Crippen LogP contribution in [0, 0.1) is 13.8 Å². The molecular weight excluding hydrogens is 612 g/mol. The molecule has 0 spiro atoms. The number of nitrogens with zero attached hydrogens (tertiary/aromatic N) is 4. The Labute approximate surface area is 281 Å². The summed E-state index contributed by atoms with van der Waals surface area (Å²) in [5, 5.41) is 6.81. The molecule has 0 amide bonds. The number of esters is 1. The second-order valence-corrected chi connectivity index (χ2v) is 12.7. The number of carbonyl (C=O) groups excluding carboxylic acids is 1. The molecule has 0 radical (unpaired) electrons. The molecule has 1 aliphatic rings. The molecule has 3 heterocycles. The number of benzene rings is 3. The van der Waals surface area contributed by atoms with Gasteiger partial charge in [0.2, 0.25) is 0 Å². The highest BCUT2D eigenvalue weighted by Gasteiger charge is 2.29. The molecule has 0 unspecified atom stereocenters. The predicted octanol–water partition coefficient (Wildman–Crippen LogP) is 7.91. The fourth-order valence-corrected chi connectivity index (χ4v) is 6.84. The first-order valence-electron chi connectivity index (χ1n) is 16.4. The topological polar surface area (TPSA) is 70.8 Å². The van der Waals surface area contributed by atoms with Gasteiger partial charge in [-0.1, -0.05) is 48.0 Å². The summed E-state index contributed by atoms with van der Waals surface area (Å²) in [4.78, 5) is 16.1. The fraction of sp³-hybridized carbons (Fsp3) is 0.368. The van der Waals surface area contributed by atoms with Crippen LogP contribution in [0.15, 0.2) is 60.7 Å². The first-order chi connectivity index (χ1) is 22.8. The standard InChI is InChI=1S/C38H43ClN4O4/c1-6-45-38(44)37-30(17-11-20-46-28-21-25(2)35(39)26(3)22-28)29-15-10-16-31-34-32(24-47-27-13-8-7-9-14-27)40-42(5)33(34)23-41(4)18-12-19-43(37)36(29)31/h7-10,13-16,21-22H,6,11-12,17-20,23-24H2,1-5H3. The lowest BCUT2D eigenvalue weighted by atomic mass is 9.97. The van der Waals surface area contributed by atoms with E-state index in [1.165, 1.54) is 0 Å². The van der Waals surface area contributed by atoms with Crippen LogP contribution < -0.4 is 9.47 Å². The van der Waals surface area contributed by atoms with Crippen LogP contribution in [-0.2, 0) is 37.9 Å². The third-order valence-electron chi connectivity index (χ3n) is 8.87. The number of carbonyl (C=O) groups is 1. The van der Waals surface area contributed by atoms with E-state index >= 15 is 0 Å². The number of rotatable bonds is 10. The van der Waals surface area contributed by atoms with Gasteiger partial charge in [0.15, 0.2) is 0 Å². The number of halogens is 1. The summed E-state index contributed by atoms with van der Waals surface area (Å²) in [7, 11) is 4.14. The zero-order chi connectivity index (χ0) is 33.1. The summed E-state index contributed by atoms with van der Waals surface area (Å²) < 4.78 is 22.3. The largest absolute Gasteiger partial charge is 0.494 e. The maximum Gasteiger partial charge on any atom is 0.355 e. The summed E-state index contributed by atoms with van der Waals surface area (Å²) in [6, 6.07) is 20.1. The SMILES string of the molecule is CCOC(=O)c1c(CCCOc2cc(C)c(Cl)c(C)c2)c2cccc3c2n1CCCN(C)Cc1c-3c(COc2ccccc2)nn1C. The molecule has 1 aliphatic heterocycles. The average Bonchev–Trinajstić information content (AvgIpc) is 3.54. The Bertz CT molecular complexity index is 1870. The minimum Gasteiger partial charge on any atom is -0.494 e. The van der Waals surface area contributed by atoms with Crippen molar-refractivity contribution in [2.45, 2.75) is 59.7 Å². The highest BCUT2D eigenvalue weighted by molar-refractivity contribution is 6.32. The Balaban J connectivity index is 1.43. The second kappa shape index (κ2) is 14.2. The van der Waals surface area contributed by atoms with Crippen molar-refractivity contribution in [3.05, 3.63) is 99.5 Å². The second-order valence-electron chi connectivity index (χ2n) is 12.3. The Hall–Kier alpha value is -4.27. The van der Waals surface area contributed by atoms with Gasteiger partial charge in [-0.25, -0.2) is 4.79 Å². The first kappa shape index (κ1) is 32.7. The quantitative estimate of drug-likeness (QED) is 0.113. The monoisotopic (exact) mass is 654 g/mol. The summed E-state index contributed by atoms with van der Waals surface area (Å²) in [6.45, 7) is 9.28. The van der Waals surface area contributed by atoms with E-state index in [1.54, 1.807) is 0 Å². The number of ether oxygens (including phenoxy) is 3. The fourth-order valence-electron chi connectivity index (χ4n) is 6.73. The highest BCUT2D eigenvalue weighted by Crippen LogP contribution is 2.40. The number of aromatic nitrogens is 3. The van der Waals surface area contributed by atoms with Gasteiger partial charge in [-0.2, -0.15) is 5.10 Å². The normalized spacial score (nSPS) is 13.4. The molecule has 246 valence electrons. The van der Waals surface area contributed by atoms with E-state index in [0.717, 1.165) is 92.6 Å². The molecule has 3 aromatic carbocycles. The van der Waals surface area contributed by atoms with Gasteiger partial charge in [0, 0.05) is 41.7 Å². The first-order valence-corrected chi connectivity index (χ1v) is 16.8. The van der Waals surface area contributed by atoms with Crippen molar-refractivity contribution in [3.8, 4) is 22.6 Å². The Morgan fingerprint density at radius 3 is 2.47 bits per heavy atom. The molecule has 9 heteroatoms. The minimum atomic E-state index is -0.293. The van der Waals surface area contributed by atoms with Gasteiger partial charge in [-0.05, 0) is 94.6 Å². The molecule has 5 aromatic rings. The summed E-state index contributed by atoms with van der Waals surface area (Å²) in [6.07, 6.45) is 2.28. The Morgan fingerprint density at radius 2 is 1.72 bits per heavy atom. The van der Waals surface area contributed by atoms with E-state index in [-0.39, 0.29) is 5.97 Å². The number of para-hydroxylation sites is 2. The molecule has 0 bridgehead atoms. The molecule has 0 aliphatic carbocycles. The molecule has 0 saturated heterocycles. The van der Waals surface area contributed by atoms with Gasteiger partial charge >= 0.3 is 5.97 Å². The van der Waals surface area contributed by atoms with Crippen LogP contribution in [0.4, 0.5) is 0 Å². The Morgan fingerprint density at radius 1 is 0.957 bits per heavy atom. The Kier molecular flexibility index (Phi) is 9.89. The van der Waals surface area contributed by atoms with Crippen molar-refractivity contribution in [1.82, 2.24) is 19.2 Å². The number of aryl methyl sites for hydroxylation is 5.